The predicted molar refractivity (Wildman–Crippen MR) is 68.5 cm³/mol. The molecule has 3 unspecified atom stereocenters. The molecular formula is C13H25N3O. The van der Waals surface area contributed by atoms with E-state index in [0.717, 1.165) is 13.1 Å². The van der Waals surface area contributed by atoms with Gasteiger partial charge in [0.15, 0.2) is 0 Å². The first kappa shape index (κ1) is 12.8. The molecule has 3 atom stereocenters. The van der Waals surface area contributed by atoms with Crippen molar-refractivity contribution in [3.05, 3.63) is 0 Å². The summed E-state index contributed by atoms with van der Waals surface area (Å²) >= 11 is 0. The summed E-state index contributed by atoms with van der Waals surface area (Å²) in [5, 5.41) is 0. The van der Waals surface area contributed by atoms with Crippen LogP contribution in [0.3, 0.4) is 0 Å². The highest BCUT2D eigenvalue weighted by atomic mass is 16.2. The zero-order chi connectivity index (χ0) is 12.6. The molecule has 4 nitrogen and oxygen atoms in total. The van der Waals surface area contributed by atoms with Crippen LogP contribution in [0.4, 0.5) is 0 Å². The van der Waals surface area contributed by atoms with E-state index in [1.807, 2.05) is 4.90 Å². The van der Waals surface area contributed by atoms with Crippen molar-refractivity contribution in [1.29, 1.82) is 0 Å². The highest BCUT2D eigenvalue weighted by Gasteiger charge is 2.36. The smallest absolute Gasteiger partial charge is 0.224 e. The van der Waals surface area contributed by atoms with Gasteiger partial charge in [-0.05, 0) is 38.8 Å². The lowest BCUT2D eigenvalue weighted by Crippen LogP contribution is -2.38. The Hall–Kier alpha value is -0.610. The van der Waals surface area contributed by atoms with Crippen molar-refractivity contribution in [2.75, 3.05) is 27.2 Å². The topological polar surface area (TPSA) is 49.6 Å². The average Bonchev–Trinajstić information content (AvgIpc) is 3.01. The van der Waals surface area contributed by atoms with E-state index in [4.69, 9.17) is 5.73 Å². The third-order valence-electron chi connectivity index (χ3n) is 4.23. The standard InChI is InChI=1S/C13H25N3O/c1-9-7-16(8-12(9)15(2)3)13(17)6-11(14)10-4-5-10/h9-12H,4-8,14H2,1-3H3. The van der Waals surface area contributed by atoms with Crippen molar-refractivity contribution in [1.82, 2.24) is 9.80 Å². The van der Waals surface area contributed by atoms with Gasteiger partial charge in [-0.1, -0.05) is 6.92 Å². The van der Waals surface area contributed by atoms with Crippen molar-refractivity contribution < 1.29 is 4.79 Å². The molecule has 0 radical (unpaired) electrons. The third kappa shape index (κ3) is 2.99. The molecule has 1 amide bonds. The van der Waals surface area contributed by atoms with Gasteiger partial charge in [0.2, 0.25) is 5.91 Å². The first-order chi connectivity index (χ1) is 7.99. The van der Waals surface area contributed by atoms with Crippen LogP contribution < -0.4 is 5.73 Å². The Labute approximate surface area is 104 Å². The first-order valence-corrected chi connectivity index (χ1v) is 6.68. The van der Waals surface area contributed by atoms with Crippen LogP contribution in [-0.2, 0) is 4.79 Å². The van der Waals surface area contributed by atoms with E-state index in [1.54, 1.807) is 0 Å². The van der Waals surface area contributed by atoms with Crippen molar-refractivity contribution in [3.8, 4) is 0 Å². The lowest BCUT2D eigenvalue weighted by atomic mass is 10.1. The van der Waals surface area contributed by atoms with Gasteiger partial charge in [-0.15, -0.1) is 0 Å². The van der Waals surface area contributed by atoms with E-state index in [9.17, 15) is 4.79 Å². The van der Waals surface area contributed by atoms with E-state index in [2.05, 4.69) is 25.9 Å². The molecule has 1 aliphatic heterocycles. The number of rotatable bonds is 4. The molecule has 98 valence electrons. The van der Waals surface area contributed by atoms with E-state index in [1.165, 1.54) is 12.8 Å². The second-order valence-corrected chi connectivity index (χ2v) is 6.01. The van der Waals surface area contributed by atoms with Gasteiger partial charge in [0, 0.05) is 31.6 Å². The quantitative estimate of drug-likeness (QED) is 0.778. The molecule has 1 saturated carbocycles. The number of likely N-dealkylation sites (N-methyl/N-ethyl adjacent to an activating group) is 1. The Kier molecular flexibility index (Phi) is 3.73. The third-order valence-corrected chi connectivity index (χ3v) is 4.23. The number of carbonyl (C=O) groups is 1. The summed E-state index contributed by atoms with van der Waals surface area (Å²) in [5.74, 6) is 1.43. The van der Waals surface area contributed by atoms with E-state index in [0.29, 0.717) is 24.3 Å². The summed E-state index contributed by atoms with van der Waals surface area (Å²) in [7, 11) is 4.18. The monoisotopic (exact) mass is 239 g/mol. The second kappa shape index (κ2) is 4.94. The van der Waals surface area contributed by atoms with Gasteiger partial charge in [-0.2, -0.15) is 0 Å². The SMILES string of the molecule is CC1CN(C(=O)CC(N)C2CC2)CC1N(C)C. The van der Waals surface area contributed by atoms with Gasteiger partial charge in [0.05, 0.1) is 0 Å². The number of amides is 1. The van der Waals surface area contributed by atoms with E-state index in [-0.39, 0.29) is 11.9 Å². The lowest BCUT2D eigenvalue weighted by Gasteiger charge is -2.22. The molecule has 1 saturated heterocycles. The highest BCUT2D eigenvalue weighted by molar-refractivity contribution is 5.77. The fraction of sp³-hybridized carbons (Fsp3) is 0.923. The molecule has 0 aromatic heterocycles. The van der Waals surface area contributed by atoms with Gasteiger partial charge in [0.1, 0.15) is 0 Å². The maximum absolute atomic E-state index is 12.1. The minimum Gasteiger partial charge on any atom is -0.341 e. The maximum Gasteiger partial charge on any atom is 0.224 e. The molecule has 4 heteroatoms. The molecular weight excluding hydrogens is 214 g/mol. The maximum atomic E-state index is 12.1. The lowest BCUT2D eigenvalue weighted by molar-refractivity contribution is -0.130. The molecule has 0 aromatic carbocycles. The summed E-state index contributed by atoms with van der Waals surface area (Å²) in [6.07, 6.45) is 2.97. The minimum absolute atomic E-state index is 0.0937. The largest absolute Gasteiger partial charge is 0.341 e. The molecule has 1 aliphatic carbocycles. The van der Waals surface area contributed by atoms with Crippen LogP contribution >= 0.6 is 0 Å². The zero-order valence-corrected chi connectivity index (χ0v) is 11.2. The van der Waals surface area contributed by atoms with Crippen LogP contribution in [0.15, 0.2) is 0 Å². The molecule has 0 aromatic rings. The number of hydrogen-bond acceptors (Lipinski definition) is 3. The zero-order valence-electron chi connectivity index (χ0n) is 11.2. The molecule has 2 rings (SSSR count). The Bertz CT molecular complexity index is 288. The molecule has 1 heterocycles. The molecule has 0 bridgehead atoms. The van der Waals surface area contributed by atoms with Gasteiger partial charge in [0.25, 0.3) is 0 Å². The summed E-state index contributed by atoms with van der Waals surface area (Å²) in [5.41, 5.74) is 6.02. The summed E-state index contributed by atoms with van der Waals surface area (Å²) in [6, 6.07) is 0.590. The van der Waals surface area contributed by atoms with E-state index >= 15 is 0 Å². The second-order valence-electron chi connectivity index (χ2n) is 6.01. The number of likely N-dealkylation sites (tertiary alicyclic amines) is 1. The Balaban J connectivity index is 1.84. The van der Waals surface area contributed by atoms with Crippen LogP contribution in [0.1, 0.15) is 26.2 Å². The highest BCUT2D eigenvalue weighted by Crippen LogP contribution is 2.33. The molecule has 17 heavy (non-hydrogen) atoms. The van der Waals surface area contributed by atoms with Gasteiger partial charge >= 0.3 is 0 Å². The van der Waals surface area contributed by atoms with Crippen molar-refractivity contribution in [2.24, 2.45) is 17.6 Å². The van der Waals surface area contributed by atoms with Crippen LogP contribution in [0.2, 0.25) is 0 Å². The Morgan fingerprint density at radius 3 is 2.53 bits per heavy atom. The number of nitrogens with zero attached hydrogens (tertiary/aromatic N) is 2. The number of carbonyl (C=O) groups excluding carboxylic acids is 1. The number of hydrogen-bond donors (Lipinski definition) is 1. The summed E-state index contributed by atoms with van der Waals surface area (Å²) in [4.78, 5) is 16.3. The summed E-state index contributed by atoms with van der Waals surface area (Å²) in [6.45, 7) is 3.97. The molecule has 2 aliphatic rings. The van der Waals surface area contributed by atoms with Crippen molar-refractivity contribution in [2.45, 2.75) is 38.3 Å². The van der Waals surface area contributed by atoms with Crippen molar-refractivity contribution in [3.63, 3.8) is 0 Å². The van der Waals surface area contributed by atoms with E-state index < -0.39 is 0 Å². The fourth-order valence-corrected chi connectivity index (χ4v) is 2.85. The van der Waals surface area contributed by atoms with Gasteiger partial charge in [-0.25, -0.2) is 0 Å². The van der Waals surface area contributed by atoms with Gasteiger partial charge in [-0.3, -0.25) is 4.79 Å². The molecule has 0 spiro atoms. The first-order valence-electron chi connectivity index (χ1n) is 6.68. The van der Waals surface area contributed by atoms with Crippen LogP contribution in [0.5, 0.6) is 0 Å². The van der Waals surface area contributed by atoms with Gasteiger partial charge < -0.3 is 15.5 Å². The van der Waals surface area contributed by atoms with Crippen LogP contribution in [0.25, 0.3) is 0 Å². The Morgan fingerprint density at radius 1 is 1.41 bits per heavy atom. The minimum atomic E-state index is 0.0937. The number of nitrogens with two attached hydrogens (primary N) is 1. The van der Waals surface area contributed by atoms with Crippen LogP contribution in [0, 0.1) is 11.8 Å². The fourth-order valence-electron chi connectivity index (χ4n) is 2.85. The average molecular weight is 239 g/mol. The Morgan fingerprint density at radius 2 is 2.06 bits per heavy atom. The summed E-state index contributed by atoms with van der Waals surface area (Å²) < 4.78 is 0. The predicted octanol–water partition coefficient (Wildman–Crippen LogP) is 0.522. The van der Waals surface area contributed by atoms with Crippen LogP contribution in [-0.4, -0.2) is 55.0 Å². The van der Waals surface area contributed by atoms with Crippen molar-refractivity contribution >= 4 is 5.91 Å². The normalized spacial score (nSPS) is 31.0. The molecule has 2 N–H and O–H groups in total. The molecule has 2 fully saturated rings.